The van der Waals surface area contributed by atoms with Gasteiger partial charge in [0.25, 0.3) is 10.1 Å². The Morgan fingerprint density at radius 1 is 0.557 bits per heavy atom. The Hall–Kier alpha value is -1.87. The summed E-state index contributed by atoms with van der Waals surface area (Å²) in [4.78, 5) is 25.4. The Morgan fingerprint density at radius 2 is 0.984 bits per heavy atom. The minimum Gasteiger partial charge on any atom is -0.462 e. The standard InChI is InChI=1S/C48H88O12S/c1-3-5-7-9-11-13-15-16-17-18-19-20-21-22-23-24-25-26-27-29-31-33-35-37-44(50)59-41(38-57-43(49)36-34-32-30-28-14-12-10-8-6-4-2)39-58-48-47(53)46(52)45(51)42(60-48)40-61(54,55)56/h15-16,18-19,41-42,45-48,51-53H,3-14,17,20-40H2,1-2H3,(H,54,55,56)/b16-15-,19-18-. The number of hydrogen-bond acceptors (Lipinski definition) is 11. The molecule has 0 radical (unpaired) electrons. The second kappa shape index (κ2) is 38.6. The molecule has 1 saturated heterocycles. The molecule has 1 heterocycles. The zero-order valence-corrected chi connectivity index (χ0v) is 39.1. The number of aliphatic hydroxyl groups excluding tert-OH is 3. The lowest BCUT2D eigenvalue weighted by Gasteiger charge is -2.40. The molecule has 358 valence electrons. The number of ether oxygens (including phenoxy) is 4. The predicted octanol–water partition coefficient (Wildman–Crippen LogP) is 10.4. The van der Waals surface area contributed by atoms with Crippen LogP contribution >= 0.6 is 0 Å². The van der Waals surface area contributed by atoms with Crippen molar-refractivity contribution in [1.29, 1.82) is 0 Å². The molecule has 4 N–H and O–H groups in total. The highest BCUT2D eigenvalue weighted by molar-refractivity contribution is 7.85. The third-order valence-electron chi connectivity index (χ3n) is 11.3. The van der Waals surface area contributed by atoms with Crippen LogP contribution in [0.2, 0.25) is 0 Å². The molecule has 6 unspecified atom stereocenters. The Bertz CT molecular complexity index is 1220. The zero-order valence-electron chi connectivity index (χ0n) is 38.3. The summed E-state index contributed by atoms with van der Waals surface area (Å²) in [6.07, 6.45) is 33.7. The number of rotatable bonds is 41. The average Bonchev–Trinajstić information content (AvgIpc) is 3.22. The van der Waals surface area contributed by atoms with E-state index in [1.807, 2.05) is 0 Å². The van der Waals surface area contributed by atoms with Crippen molar-refractivity contribution in [3.05, 3.63) is 24.3 Å². The van der Waals surface area contributed by atoms with Gasteiger partial charge >= 0.3 is 11.9 Å². The van der Waals surface area contributed by atoms with Gasteiger partial charge in [-0.2, -0.15) is 8.42 Å². The molecule has 0 spiro atoms. The molecule has 13 heteroatoms. The van der Waals surface area contributed by atoms with E-state index in [1.54, 1.807) is 0 Å². The Kier molecular flexibility index (Phi) is 36.1. The topological polar surface area (TPSA) is 186 Å². The average molecular weight is 889 g/mol. The summed E-state index contributed by atoms with van der Waals surface area (Å²) >= 11 is 0. The maximum absolute atomic E-state index is 12.8. The van der Waals surface area contributed by atoms with Crippen molar-refractivity contribution < 1.29 is 56.8 Å². The van der Waals surface area contributed by atoms with Gasteiger partial charge in [0.15, 0.2) is 12.4 Å². The summed E-state index contributed by atoms with van der Waals surface area (Å²) in [5.41, 5.74) is 0. The number of hydrogen-bond donors (Lipinski definition) is 4. The van der Waals surface area contributed by atoms with E-state index >= 15 is 0 Å². The van der Waals surface area contributed by atoms with Crippen LogP contribution in [0, 0.1) is 0 Å². The minimum absolute atomic E-state index is 0.165. The van der Waals surface area contributed by atoms with Gasteiger partial charge in [0.05, 0.1) is 6.61 Å². The zero-order chi connectivity index (χ0) is 44.8. The molecule has 0 bridgehead atoms. The van der Waals surface area contributed by atoms with Crippen molar-refractivity contribution >= 4 is 22.1 Å². The summed E-state index contributed by atoms with van der Waals surface area (Å²) in [6, 6.07) is 0. The second-order valence-electron chi connectivity index (χ2n) is 17.1. The van der Waals surface area contributed by atoms with Crippen molar-refractivity contribution in [2.24, 2.45) is 0 Å². The number of unbranched alkanes of at least 4 members (excludes halogenated alkanes) is 25. The van der Waals surface area contributed by atoms with Crippen LogP contribution in [-0.4, -0.2) is 96.0 Å². The first-order valence-electron chi connectivity index (χ1n) is 24.4. The lowest BCUT2D eigenvalue weighted by molar-refractivity contribution is -0.297. The lowest BCUT2D eigenvalue weighted by Crippen LogP contribution is -2.60. The van der Waals surface area contributed by atoms with Crippen LogP contribution in [0.5, 0.6) is 0 Å². The van der Waals surface area contributed by atoms with Gasteiger partial charge in [-0.15, -0.1) is 0 Å². The van der Waals surface area contributed by atoms with Gasteiger partial charge in [0.2, 0.25) is 0 Å². The van der Waals surface area contributed by atoms with Crippen LogP contribution in [-0.2, 0) is 38.7 Å². The first-order valence-corrected chi connectivity index (χ1v) is 26.0. The van der Waals surface area contributed by atoms with Crippen LogP contribution in [0.4, 0.5) is 0 Å². The summed E-state index contributed by atoms with van der Waals surface area (Å²) in [5, 5.41) is 30.9. The molecule has 1 fully saturated rings. The first-order chi connectivity index (χ1) is 29.5. The second-order valence-corrected chi connectivity index (χ2v) is 18.6. The van der Waals surface area contributed by atoms with Gasteiger partial charge in [0, 0.05) is 12.8 Å². The highest BCUT2D eigenvalue weighted by atomic mass is 32.2. The summed E-state index contributed by atoms with van der Waals surface area (Å²) in [5.74, 6) is -1.98. The van der Waals surface area contributed by atoms with E-state index in [0.29, 0.717) is 12.8 Å². The monoisotopic (exact) mass is 889 g/mol. The molecule has 0 amide bonds. The van der Waals surface area contributed by atoms with Crippen molar-refractivity contribution in [1.82, 2.24) is 0 Å². The molecule has 1 aliphatic heterocycles. The normalized spacial score (nSPS) is 20.1. The van der Waals surface area contributed by atoms with Gasteiger partial charge < -0.3 is 34.3 Å². The van der Waals surface area contributed by atoms with Crippen LogP contribution in [0.25, 0.3) is 0 Å². The van der Waals surface area contributed by atoms with Gasteiger partial charge in [-0.3, -0.25) is 14.1 Å². The molecule has 0 aromatic rings. The van der Waals surface area contributed by atoms with E-state index in [1.165, 1.54) is 128 Å². The fourth-order valence-electron chi connectivity index (χ4n) is 7.47. The molecule has 61 heavy (non-hydrogen) atoms. The van der Waals surface area contributed by atoms with Crippen LogP contribution < -0.4 is 0 Å². The van der Waals surface area contributed by atoms with Crippen molar-refractivity contribution in [2.75, 3.05) is 19.0 Å². The third kappa shape index (κ3) is 33.3. The van der Waals surface area contributed by atoms with E-state index in [4.69, 9.17) is 18.9 Å². The molecule has 12 nitrogen and oxygen atoms in total. The van der Waals surface area contributed by atoms with E-state index in [2.05, 4.69) is 38.2 Å². The first kappa shape index (κ1) is 57.1. The summed E-state index contributed by atoms with van der Waals surface area (Å²) < 4.78 is 54.1. The molecular formula is C48H88O12S. The molecule has 1 aliphatic rings. The van der Waals surface area contributed by atoms with Crippen molar-refractivity contribution in [3.63, 3.8) is 0 Å². The maximum atomic E-state index is 12.8. The number of aliphatic hydroxyl groups is 3. The van der Waals surface area contributed by atoms with E-state index in [0.717, 1.165) is 44.9 Å². The van der Waals surface area contributed by atoms with E-state index < -0.39 is 71.2 Å². The predicted molar refractivity (Wildman–Crippen MR) is 243 cm³/mol. The molecule has 1 rings (SSSR count). The Morgan fingerprint density at radius 3 is 1.44 bits per heavy atom. The molecule has 0 aliphatic carbocycles. The highest BCUT2D eigenvalue weighted by Gasteiger charge is 2.46. The van der Waals surface area contributed by atoms with Gasteiger partial charge in [-0.05, 0) is 44.9 Å². The van der Waals surface area contributed by atoms with Crippen LogP contribution in [0.1, 0.15) is 213 Å². The molecule has 0 aromatic carbocycles. The number of carbonyl (C=O) groups excluding carboxylic acids is 2. The van der Waals surface area contributed by atoms with Gasteiger partial charge in [-0.1, -0.05) is 179 Å². The smallest absolute Gasteiger partial charge is 0.306 e. The van der Waals surface area contributed by atoms with Crippen LogP contribution in [0.15, 0.2) is 24.3 Å². The minimum atomic E-state index is -4.60. The molecule has 6 atom stereocenters. The highest BCUT2D eigenvalue weighted by Crippen LogP contribution is 2.24. The van der Waals surface area contributed by atoms with E-state index in [9.17, 15) is 37.9 Å². The fourth-order valence-corrected chi connectivity index (χ4v) is 8.16. The maximum Gasteiger partial charge on any atom is 0.306 e. The lowest BCUT2D eigenvalue weighted by atomic mass is 10.00. The fraction of sp³-hybridized carbons (Fsp3) is 0.875. The van der Waals surface area contributed by atoms with E-state index in [-0.39, 0.29) is 19.4 Å². The largest absolute Gasteiger partial charge is 0.462 e. The van der Waals surface area contributed by atoms with Crippen molar-refractivity contribution in [3.8, 4) is 0 Å². The molecule has 0 aromatic heterocycles. The number of allylic oxidation sites excluding steroid dienone is 4. The number of carbonyl (C=O) groups is 2. The number of esters is 2. The summed E-state index contributed by atoms with van der Waals surface area (Å²) in [7, 11) is -4.60. The van der Waals surface area contributed by atoms with Gasteiger partial charge in [0.1, 0.15) is 36.8 Å². The third-order valence-corrected chi connectivity index (χ3v) is 12.0. The SMILES string of the molecule is CCCCCCC/C=C\C/C=C\CCCCCCCCCCCCCC(=O)OC(COC(=O)CCCCCCCCCCCC)COC1OC(CS(=O)(=O)O)C(O)C(O)C1O. The van der Waals surface area contributed by atoms with Gasteiger partial charge in [-0.25, -0.2) is 0 Å². The van der Waals surface area contributed by atoms with Crippen LogP contribution in [0.3, 0.4) is 0 Å². The quantitative estimate of drug-likeness (QED) is 0.0197. The van der Waals surface area contributed by atoms with Crippen molar-refractivity contribution in [2.45, 2.75) is 250 Å². The summed E-state index contributed by atoms with van der Waals surface area (Å²) in [6.45, 7) is 3.75. The molecule has 0 saturated carbocycles. The Balaban J connectivity index is 2.34. The Labute approximate surface area is 370 Å². The molecular weight excluding hydrogens is 801 g/mol.